The van der Waals surface area contributed by atoms with Crippen LogP contribution in [0, 0.1) is 0 Å². The summed E-state index contributed by atoms with van der Waals surface area (Å²) in [6, 6.07) is 0. The van der Waals surface area contributed by atoms with Gasteiger partial charge in [-0.2, -0.15) is 0 Å². The Morgan fingerprint density at radius 2 is 0.514 bits per heavy atom. The number of carbonyl (C=O) groups excluding carboxylic acids is 3. The normalized spacial score (nSPS) is 12.4. The van der Waals surface area contributed by atoms with E-state index >= 15 is 0 Å². The molecule has 0 aliphatic rings. The number of ether oxygens (including phenoxy) is 3. The maximum absolute atomic E-state index is 12.9. The SMILES string of the molecule is CCCCC/C=C/C/C=C/CCCCCCCCCCCC(=O)OC[C@@H](COC(=O)CCCCCCC/C=C/CCCCCCC)OC(=O)CCCCCCCCCCC/C=C/C/C=C/CCCCC. The Morgan fingerprint density at radius 1 is 0.286 bits per heavy atom. The fraction of sp³-hybridized carbons (Fsp3) is 0.797. The second-order valence-corrected chi connectivity index (χ2v) is 20.2. The molecular weight excluding hydrogens is 865 g/mol. The zero-order valence-electron chi connectivity index (χ0n) is 46.5. The predicted octanol–water partition coefficient (Wildman–Crippen LogP) is 20.4. The van der Waals surface area contributed by atoms with Crippen LogP contribution in [-0.2, 0) is 28.6 Å². The third-order valence-corrected chi connectivity index (χ3v) is 13.2. The van der Waals surface area contributed by atoms with Crippen LogP contribution >= 0.6 is 0 Å². The van der Waals surface area contributed by atoms with Crippen molar-refractivity contribution in [2.24, 2.45) is 0 Å². The van der Waals surface area contributed by atoms with E-state index in [1.807, 2.05) is 0 Å². The lowest BCUT2D eigenvalue weighted by Crippen LogP contribution is -2.30. The summed E-state index contributed by atoms with van der Waals surface area (Å²) < 4.78 is 16.9. The average Bonchev–Trinajstić information content (AvgIpc) is 3.36. The van der Waals surface area contributed by atoms with Crippen molar-refractivity contribution >= 4 is 17.9 Å². The summed E-state index contributed by atoms with van der Waals surface area (Å²) in [6.07, 6.45) is 73.5. The Bertz CT molecular complexity index is 1260. The number of hydrogen-bond acceptors (Lipinski definition) is 6. The van der Waals surface area contributed by atoms with Gasteiger partial charge in [-0.25, -0.2) is 0 Å². The molecule has 406 valence electrons. The highest BCUT2D eigenvalue weighted by molar-refractivity contribution is 5.71. The zero-order chi connectivity index (χ0) is 50.7. The van der Waals surface area contributed by atoms with Crippen molar-refractivity contribution in [1.29, 1.82) is 0 Å². The molecule has 0 unspecified atom stereocenters. The van der Waals surface area contributed by atoms with Crippen LogP contribution in [0.15, 0.2) is 60.8 Å². The molecule has 0 saturated carbocycles. The summed E-state index contributed by atoms with van der Waals surface area (Å²) in [6.45, 7) is 6.60. The first-order valence-corrected chi connectivity index (χ1v) is 30.3. The highest BCUT2D eigenvalue weighted by Gasteiger charge is 2.19. The summed E-state index contributed by atoms with van der Waals surface area (Å²) in [5.74, 6) is -0.883. The Labute approximate surface area is 434 Å². The van der Waals surface area contributed by atoms with Gasteiger partial charge in [-0.1, -0.05) is 242 Å². The van der Waals surface area contributed by atoms with E-state index in [0.29, 0.717) is 19.3 Å². The fourth-order valence-electron chi connectivity index (χ4n) is 8.62. The third-order valence-electron chi connectivity index (χ3n) is 13.2. The molecule has 0 fully saturated rings. The quantitative estimate of drug-likeness (QED) is 0.0261. The minimum Gasteiger partial charge on any atom is -0.462 e. The van der Waals surface area contributed by atoms with Crippen LogP contribution in [0.4, 0.5) is 0 Å². The molecular formula is C64H114O6. The second-order valence-electron chi connectivity index (χ2n) is 20.2. The van der Waals surface area contributed by atoms with Gasteiger partial charge in [0, 0.05) is 19.3 Å². The van der Waals surface area contributed by atoms with Crippen LogP contribution in [0.3, 0.4) is 0 Å². The average molecular weight is 980 g/mol. The zero-order valence-corrected chi connectivity index (χ0v) is 46.5. The van der Waals surface area contributed by atoms with Crippen molar-refractivity contribution < 1.29 is 28.6 Å². The molecule has 6 heteroatoms. The van der Waals surface area contributed by atoms with Gasteiger partial charge in [0.15, 0.2) is 6.10 Å². The first-order valence-electron chi connectivity index (χ1n) is 30.3. The molecule has 0 saturated heterocycles. The highest BCUT2D eigenvalue weighted by atomic mass is 16.6. The fourth-order valence-corrected chi connectivity index (χ4v) is 8.62. The van der Waals surface area contributed by atoms with Crippen LogP contribution in [0.2, 0.25) is 0 Å². The van der Waals surface area contributed by atoms with Crippen molar-refractivity contribution in [2.45, 2.75) is 316 Å². The molecule has 0 aromatic carbocycles. The van der Waals surface area contributed by atoms with E-state index in [2.05, 4.69) is 81.5 Å². The van der Waals surface area contributed by atoms with E-state index in [9.17, 15) is 14.4 Å². The molecule has 0 spiro atoms. The maximum atomic E-state index is 12.9. The first-order chi connectivity index (χ1) is 34.5. The van der Waals surface area contributed by atoms with Crippen LogP contribution in [0.1, 0.15) is 310 Å². The standard InChI is InChI=1S/C64H114O6/c1-4-7-10-13-16-19-22-25-28-30-32-34-36-39-42-45-48-51-54-57-63(66)69-60-61(59-68-62(65)56-53-50-47-44-41-38-27-24-21-18-15-12-9-6-3)70-64(67)58-55-52-49-46-43-40-37-35-33-31-29-26-23-20-17-14-11-8-5-2/h16-17,19-20,24-29,61H,4-15,18,21-23,30-60H2,1-3H3/b19-16+,20-17+,27-24+,28-25+,29-26+/t61-/m1/s1. The molecule has 0 aromatic heterocycles. The van der Waals surface area contributed by atoms with E-state index in [1.165, 1.54) is 193 Å². The van der Waals surface area contributed by atoms with Gasteiger partial charge < -0.3 is 14.2 Å². The van der Waals surface area contributed by atoms with Gasteiger partial charge in [0.1, 0.15) is 13.2 Å². The molecule has 1 atom stereocenters. The second kappa shape index (κ2) is 58.7. The highest BCUT2D eigenvalue weighted by Crippen LogP contribution is 2.16. The van der Waals surface area contributed by atoms with Gasteiger partial charge in [-0.15, -0.1) is 0 Å². The van der Waals surface area contributed by atoms with E-state index < -0.39 is 6.10 Å². The molecule has 0 radical (unpaired) electrons. The first kappa shape index (κ1) is 67.1. The van der Waals surface area contributed by atoms with Crippen molar-refractivity contribution in [3.05, 3.63) is 60.8 Å². The molecule has 0 aromatic rings. The number of hydrogen-bond donors (Lipinski definition) is 0. The lowest BCUT2D eigenvalue weighted by atomic mass is 10.1. The Kier molecular flexibility index (Phi) is 56.3. The minimum atomic E-state index is -0.782. The summed E-state index contributed by atoms with van der Waals surface area (Å²) in [4.78, 5) is 38.2. The van der Waals surface area contributed by atoms with Crippen LogP contribution in [-0.4, -0.2) is 37.2 Å². The van der Waals surface area contributed by atoms with E-state index in [0.717, 1.165) is 77.0 Å². The van der Waals surface area contributed by atoms with E-state index in [4.69, 9.17) is 14.2 Å². The summed E-state index contributed by atoms with van der Waals surface area (Å²) >= 11 is 0. The summed E-state index contributed by atoms with van der Waals surface area (Å²) in [7, 11) is 0. The Balaban J connectivity index is 4.37. The maximum Gasteiger partial charge on any atom is 0.306 e. The van der Waals surface area contributed by atoms with Crippen molar-refractivity contribution in [2.75, 3.05) is 13.2 Å². The molecule has 70 heavy (non-hydrogen) atoms. The van der Waals surface area contributed by atoms with Gasteiger partial charge in [0.25, 0.3) is 0 Å². The van der Waals surface area contributed by atoms with E-state index in [1.54, 1.807) is 0 Å². The summed E-state index contributed by atoms with van der Waals surface area (Å²) in [5.41, 5.74) is 0. The van der Waals surface area contributed by atoms with Gasteiger partial charge >= 0.3 is 17.9 Å². The van der Waals surface area contributed by atoms with Gasteiger partial charge in [-0.3, -0.25) is 14.4 Å². The molecule has 0 rings (SSSR count). The predicted molar refractivity (Wildman–Crippen MR) is 302 cm³/mol. The number of allylic oxidation sites excluding steroid dienone is 10. The van der Waals surface area contributed by atoms with Crippen LogP contribution < -0.4 is 0 Å². The number of esters is 3. The van der Waals surface area contributed by atoms with Gasteiger partial charge in [-0.05, 0) is 109 Å². The number of carbonyl (C=O) groups is 3. The lowest BCUT2D eigenvalue weighted by molar-refractivity contribution is -0.167. The summed E-state index contributed by atoms with van der Waals surface area (Å²) in [5, 5.41) is 0. The molecule has 0 N–H and O–H groups in total. The molecule has 0 bridgehead atoms. The van der Waals surface area contributed by atoms with Crippen molar-refractivity contribution in [3.8, 4) is 0 Å². The van der Waals surface area contributed by atoms with Crippen LogP contribution in [0.5, 0.6) is 0 Å². The van der Waals surface area contributed by atoms with E-state index in [-0.39, 0.29) is 31.1 Å². The number of rotatable bonds is 55. The van der Waals surface area contributed by atoms with Crippen molar-refractivity contribution in [3.63, 3.8) is 0 Å². The molecule has 0 aliphatic carbocycles. The lowest BCUT2D eigenvalue weighted by Gasteiger charge is -2.18. The molecule has 0 heterocycles. The van der Waals surface area contributed by atoms with Gasteiger partial charge in [0.05, 0.1) is 0 Å². The van der Waals surface area contributed by atoms with Crippen LogP contribution in [0.25, 0.3) is 0 Å². The monoisotopic (exact) mass is 979 g/mol. The third kappa shape index (κ3) is 56.0. The molecule has 0 amide bonds. The van der Waals surface area contributed by atoms with Crippen molar-refractivity contribution in [1.82, 2.24) is 0 Å². The number of unbranched alkanes of at least 4 members (excludes halogenated alkanes) is 34. The Morgan fingerprint density at radius 3 is 0.829 bits per heavy atom. The van der Waals surface area contributed by atoms with Gasteiger partial charge in [0.2, 0.25) is 0 Å². The smallest absolute Gasteiger partial charge is 0.306 e. The largest absolute Gasteiger partial charge is 0.462 e. The minimum absolute atomic E-state index is 0.0794. The topological polar surface area (TPSA) is 78.9 Å². The molecule has 0 aliphatic heterocycles. The Hall–Kier alpha value is -2.89. The molecule has 6 nitrogen and oxygen atoms in total.